The summed E-state index contributed by atoms with van der Waals surface area (Å²) in [6, 6.07) is 3.69. The summed E-state index contributed by atoms with van der Waals surface area (Å²) in [5.74, 6) is 1.42. The molecule has 1 atom stereocenters. The lowest BCUT2D eigenvalue weighted by molar-refractivity contribution is 0.0985. The first-order chi connectivity index (χ1) is 12.5. The topological polar surface area (TPSA) is 76.6 Å². The molecule has 2 aromatic rings. The third kappa shape index (κ3) is 2.98. The maximum Gasteiger partial charge on any atom is 0.257 e. The van der Waals surface area contributed by atoms with Crippen LogP contribution >= 0.6 is 0 Å². The molecule has 8 heteroatoms. The summed E-state index contributed by atoms with van der Waals surface area (Å²) >= 11 is 0. The molecule has 0 unspecified atom stereocenters. The Labute approximate surface area is 152 Å². The normalized spacial score (nSPS) is 22.3. The van der Waals surface area contributed by atoms with Crippen LogP contribution in [0.25, 0.3) is 0 Å². The summed E-state index contributed by atoms with van der Waals surface area (Å²) in [5, 5.41) is 4.04. The van der Waals surface area contributed by atoms with E-state index in [1.807, 2.05) is 6.07 Å². The molecule has 26 heavy (non-hydrogen) atoms. The summed E-state index contributed by atoms with van der Waals surface area (Å²) in [7, 11) is 0. The van der Waals surface area contributed by atoms with Crippen LogP contribution in [0.2, 0.25) is 0 Å². The van der Waals surface area contributed by atoms with Gasteiger partial charge >= 0.3 is 0 Å². The summed E-state index contributed by atoms with van der Waals surface area (Å²) < 4.78 is 12.3. The number of morpholine rings is 1. The second-order valence-electron chi connectivity index (χ2n) is 7.66. The number of ether oxygens (including phenoxy) is 1. The van der Waals surface area contributed by atoms with Crippen LogP contribution < -0.4 is 15.4 Å². The highest BCUT2D eigenvalue weighted by molar-refractivity contribution is 5.48. The zero-order valence-corrected chi connectivity index (χ0v) is 15.5. The van der Waals surface area contributed by atoms with Crippen molar-refractivity contribution in [3.63, 3.8) is 0 Å². The minimum Gasteiger partial charge on any atom is -0.377 e. The molecule has 0 N–H and O–H groups in total. The molecule has 1 saturated heterocycles. The molecule has 2 aromatic heterocycles. The SMILES string of the molecule is C[C@@H]1COCCN1c1cc(=O)n2c(n1)N(Cc1ccon1)C(C)(C)CC2. The van der Waals surface area contributed by atoms with E-state index in [2.05, 4.69) is 35.7 Å². The maximum absolute atomic E-state index is 12.8. The summed E-state index contributed by atoms with van der Waals surface area (Å²) in [5.41, 5.74) is 0.684. The van der Waals surface area contributed by atoms with Gasteiger partial charge in [-0.2, -0.15) is 4.98 Å². The largest absolute Gasteiger partial charge is 0.377 e. The highest BCUT2D eigenvalue weighted by atomic mass is 16.5. The average Bonchev–Trinajstić information content (AvgIpc) is 3.11. The number of fused-ring (bicyclic) bond motifs is 1. The Bertz CT molecular complexity index is 830. The van der Waals surface area contributed by atoms with Crippen LogP contribution in [-0.2, 0) is 17.8 Å². The quantitative estimate of drug-likeness (QED) is 0.824. The Morgan fingerprint density at radius 2 is 2.19 bits per heavy atom. The van der Waals surface area contributed by atoms with Gasteiger partial charge in [0.2, 0.25) is 5.95 Å². The Balaban J connectivity index is 1.77. The van der Waals surface area contributed by atoms with Gasteiger partial charge in [0, 0.05) is 30.8 Å². The van der Waals surface area contributed by atoms with E-state index in [-0.39, 0.29) is 17.1 Å². The lowest BCUT2D eigenvalue weighted by Crippen LogP contribution is -2.52. The van der Waals surface area contributed by atoms with E-state index in [4.69, 9.17) is 14.2 Å². The first-order valence-corrected chi connectivity index (χ1v) is 9.09. The van der Waals surface area contributed by atoms with Gasteiger partial charge in [-0.3, -0.25) is 9.36 Å². The first-order valence-electron chi connectivity index (χ1n) is 9.09. The molecule has 4 rings (SSSR count). The third-order valence-electron chi connectivity index (χ3n) is 5.37. The number of nitrogens with zero attached hydrogens (tertiary/aromatic N) is 5. The van der Waals surface area contributed by atoms with Crippen molar-refractivity contribution in [3.8, 4) is 0 Å². The fourth-order valence-electron chi connectivity index (χ4n) is 3.67. The highest BCUT2D eigenvalue weighted by Gasteiger charge is 2.36. The lowest BCUT2D eigenvalue weighted by Gasteiger charge is -2.44. The monoisotopic (exact) mass is 359 g/mol. The number of anilines is 2. The van der Waals surface area contributed by atoms with E-state index < -0.39 is 0 Å². The molecule has 0 spiro atoms. The first kappa shape index (κ1) is 17.1. The molecule has 0 aliphatic carbocycles. The minimum absolute atomic E-state index is 0.00987. The Kier molecular flexibility index (Phi) is 4.22. The smallest absolute Gasteiger partial charge is 0.257 e. The Morgan fingerprint density at radius 3 is 2.92 bits per heavy atom. The second kappa shape index (κ2) is 6.42. The molecule has 1 fully saturated rings. The summed E-state index contributed by atoms with van der Waals surface area (Å²) in [4.78, 5) is 22.0. The standard InChI is InChI=1S/C18H25N5O3/c1-13-12-25-9-7-21(13)15-10-16(24)22-6-5-18(2,3)23(17(22)19-15)11-14-4-8-26-20-14/h4,8,10,13H,5-7,9,11-12H2,1-3H3/t13-/m1/s1. The van der Waals surface area contributed by atoms with Crippen LogP contribution in [0.3, 0.4) is 0 Å². The zero-order valence-electron chi connectivity index (χ0n) is 15.5. The van der Waals surface area contributed by atoms with Gasteiger partial charge in [-0.05, 0) is 27.2 Å². The summed E-state index contributed by atoms with van der Waals surface area (Å²) in [6.07, 6.45) is 2.44. The van der Waals surface area contributed by atoms with Gasteiger partial charge in [-0.25, -0.2) is 0 Å². The van der Waals surface area contributed by atoms with Crippen molar-refractivity contribution in [2.24, 2.45) is 0 Å². The molecule has 4 heterocycles. The second-order valence-corrected chi connectivity index (χ2v) is 7.66. The van der Waals surface area contributed by atoms with E-state index in [9.17, 15) is 4.79 Å². The third-order valence-corrected chi connectivity index (χ3v) is 5.37. The molecule has 0 saturated carbocycles. The van der Waals surface area contributed by atoms with Crippen molar-refractivity contribution in [1.29, 1.82) is 0 Å². The van der Waals surface area contributed by atoms with Crippen molar-refractivity contribution in [2.75, 3.05) is 29.6 Å². The van der Waals surface area contributed by atoms with Gasteiger partial charge in [0.25, 0.3) is 5.56 Å². The Morgan fingerprint density at radius 1 is 1.35 bits per heavy atom. The molecule has 0 amide bonds. The van der Waals surface area contributed by atoms with Gasteiger partial charge in [0.15, 0.2) is 0 Å². The van der Waals surface area contributed by atoms with Crippen molar-refractivity contribution in [3.05, 3.63) is 34.4 Å². The van der Waals surface area contributed by atoms with Gasteiger partial charge in [0.05, 0.1) is 25.8 Å². The van der Waals surface area contributed by atoms with Crippen LogP contribution in [0.5, 0.6) is 0 Å². The molecule has 0 radical (unpaired) electrons. The molecule has 2 aliphatic rings. The van der Waals surface area contributed by atoms with Crippen LogP contribution in [0.4, 0.5) is 11.8 Å². The van der Waals surface area contributed by atoms with Crippen molar-refractivity contribution in [2.45, 2.75) is 51.9 Å². The van der Waals surface area contributed by atoms with Crippen LogP contribution in [0.15, 0.2) is 27.7 Å². The van der Waals surface area contributed by atoms with Gasteiger partial charge < -0.3 is 19.1 Å². The van der Waals surface area contributed by atoms with Crippen LogP contribution in [0, 0.1) is 0 Å². The van der Waals surface area contributed by atoms with Crippen LogP contribution in [-0.4, -0.2) is 46.0 Å². The molecule has 140 valence electrons. The molecular formula is C18H25N5O3. The molecule has 0 bridgehead atoms. The number of aromatic nitrogens is 3. The molecule has 2 aliphatic heterocycles. The van der Waals surface area contributed by atoms with E-state index in [1.165, 1.54) is 0 Å². The predicted molar refractivity (Wildman–Crippen MR) is 97.5 cm³/mol. The van der Waals surface area contributed by atoms with Crippen molar-refractivity contribution < 1.29 is 9.26 Å². The van der Waals surface area contributed by atoms with E-state index in [1.54, 1.807) is 16.9 Å². The minimum atomic E-state index is -0.131. The Hall–Kier alpha value is -2.35. The summed E-state index contributed by atoms with van der Waals surface area (Å²) in [6.45, 7) is 9.70. The molecule has 0 aromatic carbocycles. The number of hydrogen-bond donors (Lipinski definition) is 0. The van der Waals surface area contributed by atoms with E-state index >= 15 is 0 Å². The van der Waals surface area contributed by atoms with Crippen molar-refractivity contribution in [1.82, 2.24) is 14.7 Å². The maximum atomic E-state index is 12.8. The average molecular weight is 359 g/mol. The van der Waals surface area contributed by atoms with E-state index in [0.29, 0.717) is 32.3 Å². The van der Waals surface area contributed by atoms with Crippen LogP contribution in [0.1, 0.15) is 32.9 Å². The van der Waals surface area contributed by atoms with Gasteiger partial charge in [-0.1, -0.05) is 5.16 Å². The lowest BCUT2D eigenvalue weighted by atomic mass is 9.96. The van der Waals surface area contributed by atoms with Gasteiger partial charge in [0.1, 0.15) is 17.8 Å². The fraction of sp³-hybridized carbons (Fsp3) is 0.611. The van der Waals surface area contributed by atoms with Crippen molar-refractivity contribution >= 4 is 11.8 Å². The zero-order chi connectivity index (χ0) is 18.3. The fourth-order valence-corrected chi connectivity index (χ4v) is 3.67. The highest BCUT2D eigenvalue weighted by Crippen LogP contribution is 2.33. The van der Waals surface area contributed by atoms with E-state index in [0.717, 1.165) is 24.5 Å². The van der Waals surface area contributed by atoms with Gasteiger partial charge in [-0.15, -0.1) is 0 Å². The predicted octanol–water partition coefficient (Wildman–Crippen LogP) is 1.65. The number of rotatable bonds is 3. The number of hydrogen-bond acceptors (Lipinski definition) is 7. The molecular weight excluding hydrogens is 334 g/mol. The molecule has 8 nitrogen and oxygen atoms in total.